The van der Waals surface area contributed by atoms with Crippen molar-refractivity contribution in [3.8, 4) is 0 Å². The second kappa shape index (κ2) is 6.88. The average Bonchev–Trinajstić information content (AvgIpc) is 3.04. The van der Waals surface area contributed by atoms with E-state index in [1.165, 1.54) is 18.5 Å². The van der Waals surface area contributed by atoms with Crippen molar-refractivity contribution >= 4 is 27.7 Å². The second-order valence-corrected chi connectivity index (χ2v) is 9.78. The number of carbonyl (C=O) groups excluding carboxylic acids is 1. The van der Waals surface area contributed by atoms with Crippen molar-refractivity contribution < 1.29 is 4.79 Å². The van der Waals surface area contributed by atoms with Gasteiger partial charge in [-0.25, -0.2) is 14.6 Å². The molecule has 4 heterocycles. The van der Waals surface area contributed by atoms with E-state index in [1.807, 2.05) is 11.6 Å². The molecular formula is C21H23BrN8O. The summed E-state index contributed by atoms with van der Waals surface area (Å²) in [6.07, 6.45) is 7.95. The summed E-state index contributed by atoms with van der Waals surface area (Å²) in [7, 11) is 1.98. The lowest BCUT2D eigenvalue weighted by Crippen LogP contribution is -2.48. The summed E-state index contributed by atoms with van der Waals surface area (Å²) in [6, 6.07) is 4.05. The first kappa shape index (κ1) is 19.0. The number of halogens is 1. The van der Waals surface area contributed by atoms with Crippen molar-refractivity contribution in [1.82, 2.24) is 34.8 Å². The van der Waals surface area contributed by atoms with Crippen LogP contribution in [-0.4, -0.2) is 48.5 Å². The van der Waals surface area contributed by atoms with Gasteiger partial charge < -0.3 is 14.8 Å². The average molecular weight is 483 g/mol. The number of hydrogen-bond donors (Lipinski definition) is 1. The van der Waals surface area contributed by atoms with E-state index in [2.05, 4.69) is 53.6 Å². The number of anilines is 1. The van der Waals surface area contributed by atoms with Crippen LogP contribution in [0, 0.1) is 5.41 Å². The van der Waals surface area contributed by atoms with Crippen LogP contribution >= 0.6 is 15.9 Å². The number of rotatable bonds is 5. The molecule has 6 rings (SSSR count). The molecule has 0 bridgehead atoms. The van der Waals surface area contributed by atoms with Crippen molar-refractivity contribution in [3.63, 3.8) is 0 Å². The van der Waals surface area contributed by atoms with Crippen LogP contribution < -0.4 is 10.2 Å². The first-order valence-electron chi connectivity index (χ1n) is 10.6. The topological polar surface area (TPSA) is 93.8 Å². The first-order chi connectivity index (χ1) is 15.0. The van der Waals surface area contributed by atoms with Crippen LogP contribution in [0.2, 0.25) is 0 Å². The molecule has 0 unspecified atom stereocenters. The van der Waals surface area contributed by atoms with Crippen LogP contribution in [0.3, 0.4) is 0 Å². The van der Waals surface area contributed by atoms with Crippen LogP contribution in [0.25, 0.3) is 0 Å². The Balaban J connectivity index is 1.11. The lowest BCUT2D eigenvalue weighted by Gasteiger charge is -2.41. The van der Waals surface area contributed by atoms with Gasteiger partial charge >= 0.3 is 0 Å². The zero-order valence-electron chi connectivity index (χ0n) is 17.3. The molecule has 3 aromatic rings. The number of imidazole rings is 1. The number of pyridine rings is 1. The monoisotopic (exact) mass is 482 g/mol. The Hall–Kier alpha value is -2.75. The molecule has 0 radical (unpaired) electrons. The zero-order valence-corrected chi connectivity index (χ0v) is 18.8. The van der Waals surface area contributed by atoms with Gasteiger partial charge in [0.25, 0.3) is 5.91 Å². The Morgan fingerprint density at radius 3 is 2.94 bits per heavy atom. The molecule has 31 heavy (non-hydrogen) atoms. The van der Waals surface area contributed by atoms with E-state index in [1.54, 1.807) is 17.2 Å². The molecule has 1 saturated carbocycles. The third-order valence-electron chi connectivity index (χ3n) is 6.75. The third kappa shape index (κ3) is 3.33. The molecular weight excluding hydrogens is 460 g/mol. The van der Waals surface area contributed by atoms with Crippen molar-refractivity contribution in [2.75, 3.05) is 18.0 Å². The van der Waals surface area contributed by atoms with Gasteiger partial charge in [0, 0.05) is 36.8 Å². The summed E-state index contributed by atoms with van der Waals surface area (Å²) in [5.41, 5.74) is 4.03. The Bertz CT molecular complexity index is 1170. The molecule has 1 aliphatic heterocycles. The zero-order chi connectivity index (χ0) is 21.2. The predicted octanol–water partition coefficient (Wildman–Crippen LogP) is 2.23. The number of nitrogens with one attached hydrogen (secondary N) is 1. The summed E-state index contributed by atoms with van der Waals surface area (Å²) in [5.74, 6) is 0.784. The van der Waals surface area contributed by atoms with E-state index in [9.17, 15) is 4.79 Å². The van der Waals surface area contributed by atoms with Gasteiger partial charge in [-0.15, -0.1) is 5.10 Å². The molecule has 3 aromatic heterocycles. The summed E-state index contributed by atoms with van der Waals surface area (Å²) in [4.78, 5) is 24.1. The highest BCUT2D eigenvalue weighted by atomic mass is 79.9. The number of amides is 1. The van der Waals surface area contributed by atoms with Crippen molar-refractivity contribution in [1.29, 1.82) is 0 Å². The van der Waals surface area contributed by atoms with Gasteiger partial charge in [0.15, 0.2) is 5.69 Å². The quantitative estimate of drug-likeness (QED) is 0.560. The van der Waals surface area contributed by atoms with Gasteiger partial charge in [-0.3, -0.25) is 4.79 Å². The predicted molar refractivity (Wildman–Crippen MR) is 117 cm³/mol. The highest BCUT2D eigenvalue weighted by molar-refractivity contribution is 9.10. The standard InChI is InChI=1S/C21H23BrN8O/c1-28-12-23-18-14(3-4-16(18)28)24-20(31)15-9-30(27-26-15)8-13-2-5-17(25-19(13)22)29-10-21(11-29)6-7-21/h2,5,9,12,14H,3-4,6-8,10-11H2,1H3,(H,24,31)/t14-/m1/s1. The number of hydrogen-bond acceptors (Lipinski definition) is 6. The van der Waals surface area contributed by atoms with Gasteiger partial charge in [0.1, 0.15) is 10.4 Å². The summed E-state index contributed by atoms with van der Waals surface area (Å²) in [5, 5.41) is 11.2. The number of aryl methyl sites for hydroxylation is 1. The largest absolute Gasteiger partial charge is 0.355 e. The normalized spacial score (nSPS) is 20.6. The maximum Gasteiger partial charge on any atom is 0.274 e. The minimum Gasteiger partial charge on any atom is -0.355 e. The highest BCUT2D eigenvalue weighted by Crippen LogP contribution is 2.53. The third-order valence-corrected chi connectivity index (χ3v) is 7.43. The number of fused-ring (bicyclic) bond motifs is 1. The molecule has 1 N–H and O–H groups in total. The molecule has 1 atom stereocenters. The number of aromatic nitrogens is 6. The molecule has 9 nitrogen and oxygen atoms in total. The lowest BCUT2D eigenvalue weighted by atomic mass is 9.97. The minimum absolute atomic E-state index is 0.0731. The van der Waals surface area contributed by atoms with Crippen LogP contribution in [0.1, 0.15) is 52.7 Å². The summed E-state index contributed by atoms with van der Waals surface area (Å²) >= 11 is 3.59. The molecule has 2 aliphatic carbocycles. The van der Waals surface area contributed by atoms with E-state index in [-0.39, 0.29) is 11.9 Å². The smallest absolute Gasteiger partial charge is 0.274 e. The fraction of sp³-hybridized carbons (Fsp3) is 0.476. The van der Waals surface area contributed by atoms with Gasteiger partial charge in [-0.2, -0.15) is 0 Å². The molecule has 3 aliphatic rings. The number of nitrogens with zero attached hydrogens (tertiary/aromatic N) is 7. The van der Waals surface area contributed by atoms with Crippen molar-refractivity contribution in [2.24, 2.45) is 12.5 Å². The van der Waals surface area contributed by atoms with Gasteiger partial charge in [-0.05, 0) is 47.7 Å². The van der Waals surface area contributed by atoms with Crippen molar-refractivity contribution in [3.05, 3.63) is 51.9 Å². The van der Waals surface area contributed by atoms with Gasteiger partial charge in [-0.1, -0.05) is 11.3 Å². The van der Waals surface area contributed by atoms with Crippen LogP contribution in [0.15, 0.2) is 29.3 Å². The molecule has 1 amide bonds. The fourth-order valence-electron chi connectivity index (χ4n) is 4.68. The summed E-state index contributed by atoms with van der Waals surface area (Å²) < 4.78 is 4.48. The second-order valence-electron chi connectivity index (χ2n) is 9.03. The minimum atomic E-state index is -0.228. The maximum absolute atomic E-state index is 12.7. The Morgan fingerprint density at radius 2 is 2.16 bits per heavy atom. The van der Waals surface area contributed by atoms with E-state index < -0.39 is 0 Å². The van der Waals surface area contributed by atoms with Gasteiger partial charge in [0.2, 0.25) is 0 Å². The van der Waals surface area contributed by atoms with Crippen LogP contribution in [0.5, 0.6) is 0 Å². The van der Waals surface area contributed by atoms with Crippen LogP contribution in [0.4, 0.5) is 5.82 Å². The summed E-state index contributed by atoms with van der Waals surface area (Å²) in [6.45, 7) is 2.73. The van der Waals surface area contributed by atoms with Crippen molar-refractivity contribution in [2.45, 2.75) is 38.3 Å². The van der Waals surface area contributed by atoms with E-state index in [0.717, 1.165) is 47.6 Å². The Kier molecular flexibility index (Phi) is 4.21. The molecule has 160 valence electrons. The van der Waals surface area contributed by atoms with Gasteiger partial charge in [0.05, 0.1) is 30.8 Å². The molecule has 0 aromatic carbocycles. The van der Waals surface area contributed by atoms with E-state index >= 15 is 0 Å². The molecule has 2 fully saturated rings. The molecule has 1 saturated heterocycles. The first-order valence-corrected chi connectivity index (χ1v) is 11.4. The highest BCUT2D eigenvalue weighted by Gasteiger charge is 2.52. The SMILES string of the molecule is Cn1cnc2c1CC[C@H]2NC(=O)c1cn(Cc2ccc(N3CC4(CC4)C3)nc2Br)nn1. The number of carbonyl (C=O) groups is 1. The Morgan fingerprint density at radius 1 is 1.32 bits per heavy atom. The fourth-order valence-corrected chi connectivity index (χ4v) is 5.12. The van der Waals surface area contributed by atoms with Crippen LogP contribution in [-0.2, 0) is 20.0 Å². The lowest BCUT2D eigenvalue weighted by molar-refractivity contribution is 0.0931. The maximum atomic E-state index is 12.7. The molecule has 10 heteroatoms. The van der Waals surface area contributed by atoms with E-state index in [0.29, 0.717) is 17.7 Å². The van der Waals surface area contributed by atoms with E-state index in [4.69, 9.17) is 4.98 Å². The Labute approximate surface area is 188 Å². The molecule has 1 spiro atoms.